The number of nitrogens with one attached hydrogen (secondary N) is 2. The van der Waals surface area contributed by atoms with Gasteiger partial charge in [0.25, 0.3) is 11.8 Å². The van der Waals surface area contributed by atoms with Crippen molar-refractivity contribution in [2.75, 3.05) is 32.1 Å². The molecule has 0 radical (unpaired) electrons. The number of thiophene rings is 2. The molecule has 1 aliphatic heterocycles. The van der Waals surface area contributed by atoms with Crippen molar-refractivity contribution in [2.24, 2.45) is 0 Å². The molecule has 0 atom stereocenters. The highest BCUT2D eigenvalue weighted by Gasteiger charge is 2.28. The number of aromatic nitrogens is 2. The number of imide groups is 1. The standard InChI is InChI=1S/C25H23N5O3S2.ClH/c1-14-20-23(30(3)17-13-19(31)27-24(17)32)28-22(18-5-4-12-34-18)29-25(20)35-21(14)15-6-8-16(9-7-15)33-11-10-26-2;/h4-9,12-13,26H,10-11H2,1-3H3,(H,27,31,32);1H. The lowest BCUT2D eigenvalue weighted by atomic mass is 10.1. The Kier molecular flexibility index (Phi) is 7.70. The fourth-order valence-corrected chi connectivity index (χ4v) is 5.73. The lowest BCUT2D eigenvalue weighted by molar-refractivity contribution is -0.123. The van der Waals surface area contributed by atoms with E-state index >= 15 is 0 Å². The Balaban J connectivity index is 0.00000304. The number of likely N-dealkylation sites (N-methyl/N-ethyl adjacent to an activating group) is 2. The molecule has 2 amide bonds. The minimum atomic E-state index is -0.441. The van der Waals surface area contributed by atoms with Crippen LogP contribution in [0, 0.1) is 6.92 Å². The fraction of sp³-hybridized carbons (Fsp3) is 0.200. The molecule has 186 valence electrons. The summed E-state index contributed by atoms with van der Waals surface area (Å²) in [5.41, 5.74) is 2.31. The first kappa shape index (κ1) is 25.8. The van der Waals surface area contributed by atoms with E-state index in [0.29, 0.717) is 18.2 Å². The summed E-state index contributed by atoms with van der Waals surface area (Å²) in [7, 11) is 3.64. The van der Waals surface area contributed by atoms with Crippen molar-refractivity contribution in [3.05, 3.63) is 59.1 Å². The number of fused-ring (bicyclic) bond motifs is 1. The summed E-state index contributed by atoms with van der Waals surface area (Å²) < 4.78 is 5.75. The first-order chi connectivity index (χ1) is 17.0. The van der Waals surface area contributed by atoms with Gasteiger partial charge in [0.15, 0.2) is 5.82 Å². The van der Waals surface area contributed by atoms with Crippen LogP contribution in [0.1, 0.15) is 5.56 Å². The zero-order valence-electron chi connectivity index (χ0n) is 19.8. The predicted molar refractivity (Wildman–Crippen MR) is 147 cm³/mol. The molecule has 3 aromatic heterocycles. The van der Waals surface area contributed by atoms with Gasteiger partial charge in [0.1, 0.15) is 28.7 Å². The third-order valence-corrected chi connectivity index (χ3v) is 7.77. The van der Waals surface area contributed by atoms with Gasteiger partial charge in [0.05, 0.1) is 10.3 Å². The van der Waals surface area contributed by atoms with Crippen LogP contribution < -0.4 is 20.3 Å². The van der Waals surface area contributed by atoms with Crippen LogP contribution in [0.2, 0.25) is 0 Å². The number of amides is 2. The zero-order chi connectivity index (χ0) is 24.5. The van der Waals surface area contributed by atoms with Crippen LogP contribution >= 0.6 is 35.1 Å². The quantitative estimate of drug-likeness (QED) is 0.252. The Morgan fingerprint density at radius 1 is 1.14 bits per heavy atom. The first-order valence-electron chi connectivity index (χ1n) is 11.0. The summed E-state index contributed by atoms with van der Waals surface area (Å²) in [6, 6.07) is 11.9. The topological polar surface area (TPSA) is 96.4 Å². The molecule has 0 bridgehead atoms. The molecular formula is C25H24ClN5O3S2. The van der Waals surface area contributed by atoms with Gasteiger partial charge >= 0.3 is 0 Å². The molecule has 11 heteroatoms. The van der Waals surface area contributed by atoms with Gasteiger partial charge in [-0.05, 0) is 60.8 Å². The van der Waals surface area contributed by atoms with Crippen LogP contribution in [0.3, 0.4) is 0 Å². The van der Waals surface area contributed by atoms with Crippen LogP contribution in [0.5, 0.6) is 5.75 Å². The fourth-order valence-electron chi connectivity index (χ4n) is 3.89. The highest BCUT2D eigenvalue weighted by atomic mass is 35.5. The molecule has 8 nitrogen and oxygen atoms in total. The first-order valence-corrected chi connectivity index (χ1v) is 12.7. The summed E-state index contributed by atoms with van der Waals surface area (Å²) in [5.74, 6) is 1.11. The zero-order valence-corrected chi connectivity index (χ0v) is 22.3. The third kappa shape index (κ3) is 4.85. The van der Waals surface area contributed by atoms with E-state index in [-0.39, 0.29) is 18.1 Å². The van der Waals surface area contributed by atoms with Gasteiger partial charge in [-0.1, -0.05) is 6.07 Å². The average Bonchev–Trinajstić information content (AvgIpc) is 3.58. The van der Waals surface area contributed by atoms with Crippen molar-refractivity contribution >= 4 is 62.9 Å². The molecule has 4 heterocycles. The Morgan fingerprint density at radius 2 is 1.92 bits per heavy atom. The molecular weight excluding hydrogens is 518 g/mol. The van der Waals surface area contributed by atoms with Crippen LogP contribution in [-0.4, -0.2) is 49.0 Å². The van der Waals surface area contributed by atoms with Gasteiger partial charge in [0, 0.05) is 24.5 Å². The molecule has 0 fully saturated rings. The molecule has 5 rings (SSSR count). The maximum atomic E-state index is 12.4. The van der Waals surface area contributed by atoms with Crippen molar-refractivity contribution in [1.29, 1.82) is 0 Å². The van der Waals surface area contributed by atoms with Crippen molar-refractivity contribution in [3.63, 3.8) is 0 Å². The molecule has 0 unspecified atom stereocenters. The van der Waals surface area contributed by atoms with Gasteiger partial charge in [-0.3, -0.25) is 14.9 Å². The van der Waals surface area contributed by atoms with E-state index in [1.54, 1.807) is 34.6 Å². The summed E-state index contributed by atoms with van der Waals surface area (Å²) in [5, 5.41) is 8.21. The maximum Gasteiger partial charge on any atom is 0.274 e. The molecule has 0 spiro atoms. The number of ether oxygens (including phenoxy) is 1. The van der Waals surface area contributed by atoms with E-state index in [1.807, 2.05) is 55.7 Å². The molecule has 0 saturated heterocycles. The molecule has 36 heavy (non-hydrogen) atoms. The minimum Gasteiger partial charge on any atom is -0.492 e. The summed E-state index contributed by atoms with van der Waals surface area (Å²) in [4.78, 5) is 38.4. The van der Waals surface area contributed by atoms with E-state index < -0.39 is 11.8 Å². The second-order valence-electron chi connectivity index (χ2n) is 7.97. The Morgan fingerprint density at radius 3 is 2.56 bits per heavy atom. The van der Waals surface area contributed by atoms with Crippen molar-refractivity contribution in [3.8, 4) is 26.9 Å². The van der Waals surface area contributed by atoms with Crippen LogP contribution in [0.15, 0.2) is 53.6 Å². The third-order valence-electron chi connectivity index (χ3n) is 5.67. The second kappa shape index (κ2) is 10.8. The number of rotatable bonds is 8. The van der Waals surface area contributed by atoms with E-state index in [9.17, 15) is 9.59 Å². The summed E-state index contributed by atoms with van der Waals surface area (Å²) in [6.45, 7) is 3.41. The minimum absolute atomic E-state index is 0. The lowest BCUT2D eigenvalue weighted by Crippen LogP contribution is -2.29. The van der Waals surface area contributed by atoms with E-state index in [2.05, 4.69) is 10.6 Å². The number of aryl methyl sites for hydroxylation is 1. The smallest absolute Gasteiger partial charge is 0.274 e. The lowest BCUT2D eigenvalue weighted by Gasteiger charge is -2.19. The molecule has 2 N–H and O–H groups in total. The SMILES string of the molecule is CNCCOc1ccc(-c2sc3nc(-c4cccs4)nc(N(C)C4=CC(=O)NC4=O)c3c2C)cc1.Cl. The number of hydrogen-bond donors (Lipinski definition) is 2. The normalized spacial score (nSPS) is 12.9. The van der Waals surface area contributed by atoms with E-state index in [0.717, 1.165) is 43.4 Å². The van der Waals surface area contributed by atoms with Gasteiger partial charge in [-0.15, -0.1) is 35.1 Å². The number of carbonyl (C=O) groups is 2. The van der Waals surface area contributed by atoms with Crippen LogP contribution in [-0.2, 0) is 9.59 Å². The number of benzene rings is 1. The highest BCUT2D eigenvalue weighted by molar-refractivity contribution is 7.22. The van der Waals surface area contributed by atoms with Crippen molar-refractivity contribution < 1.29 is 14.3 Å². The van der Waals surface area contributed by atoms with Gasteiger partial charge < -0.3 is 15.0 Å². The number of hydrogen-bond acceptors (Lipinski definition) is 9. The van der Waals surface area contributed by atoms with Crippen molar-refractivity contribution in [2.45, 2.75) is 6.92 Å². The predicted octanol–water partition coefficient (Wildman–Crippen LogP) is 4.39. The Labute approximate surface area is 222 Å². The average molecular weight is 542 g/mol. The van der Waals surface area contributed by atoms with Gasteiger partial charge in [-0.25, -0.2) is 9.97 Å². The molecule has 1 aromatic carbocycles. The highest BCUT2D eigenvalue weighted by Crippen LogP contribution is 2.43. The summed E-state index contributed by atoms with van der Waals surface area (Å²) >= 11 is 3.13. The Hall–Kier alpha value is -3.31. The maximum absolute atomic E-state index is 12.4. The van der Waals surface area contributed by atoms with Gasteiger partial charge in [-0.2, -0.15) is 0 Å². The number of carbonyl (C=O) groups excluding carboxylic acids is 2. The number of halogens is 1. The Bertz CT molecular complexity index is 1450. The number of anilines is 1. The summed E-state index contributed by atoms with van der Waals surface area (Å²) in [6.07, 6.45) is 1.30. The second-order valence-corrected chi connectivity index (χ2v) is 9.91. The van der Waals surface area contributed by atoms with Gasteiger partial charge in [0.2, 0.25) is 0 Å². The largest absolute Gasteiger partial charge is 0.492 e. The van der Waals surface area contributed by atoms with Crippen LogP contribution in [0.25, 0.3) is 31.4 Å². The molecule has 4 aromatic rings. The molecule has 1 aliphatic rings. The number of nitrogens with zero attached hydrogens (tertiary/aromatic N) is 3. The molecule has 0 saturated carbocycles. The molecule has 0 aliphatic carbocycles. The van der Waals surface area contributed by atoms with E-state index in [1.165, 1.54) is 6.08 Å². The van der Waals surface area contributed by atoms with Crippen molar-refractivity contribution in [1.82, 2.24) is 20.6 Å². The van der Waals surface area contributed by atoms with Crippen LogP contribution in [0.4, 0.5) is 5.82 Å². The van der Waals surface area contributed by atoms with E-state index in [4.69, 9.17) is 14.7 Å². The monoisotopic (exact) mass is 541 g/mol.